The van der Waals surface area contributed by atoms with E-state index < -0.39 is 4.92 Å². The number of nitrogens with one attached hydrogen (secondary N) is 1. The Hall–Kier alpha value is -3.75. The third-order valence-corrected chi connectivity index (χ3v) is 4.85. The van der Waals surface area contributed by atoms with Gasteiger partial charge in [0.25, 0.3) is 0 Å². The van der Waals surface area contributed by atoms with E-state index in [4.69, 9.17) is 0 Å². The second-order valence-electron chi connectivity index (χ2n) is 6.80. The minimum absolute atomic E-state index is 0.112. The number of hydrogen-bond acceptors (Lipinski definition) is 8. The van der Waals surface area contributed by atoms with Crippen LogP contribution in [0, 0.1) is 17.0 Å². The molecule has 148 valence electrons. The molecule has 0 bridgehead atoms. The first-order valence-electron chi connectivity index (χ1n) is 9.36. The van der Waals surface area contributed by atoms with E-state index in [2.05, 4.69) is 25.2 Å². The van der Waals surface area contributed by atoms with Gasteiger partial charge in [-0.2, -0.15) is 0 Å². The number of anilines is 4. The van der Waals surface area contributed by atoms with Crippen LogP contribution in [0.15, 0.2) is 55.0 Å². The Labute approximate surface area is 168 Å². The van der Waals surface area contributed by atoms with E-state index in [0.717, 1.165) is 17.1 Å². The summed E-state index contributed by atoms with van der Waals surface area (Å²) in [6, 6.07) is 13.4. The quantitative estimate of drug-likeness (QED) is 0.523. The Kier molecular flexibility index (Phi) is 5.19. The van der Waals surface area contributed by atoms with Crippen LogP contribution in [0.25, 0.3) is 0 Å². The summed E-state index contributed by atoms with van der Waals surface area (Å²) in [4.78, 5) is 28.3. The number of nitro groups is 1. The van der Waals surface area contributed by atoms with Crippen LogP contribution < -0.4 is 15.1 Å². The molecule has 0 saturated carbocycles. The molecule has 0 aliphatic carbocycles. The van der Waals surface area contributed by atoms with Crippen LogP contribution >= 0.6 is 0 Å². The molecule has 0 spiro atoms. The van der Waals surface area contributed by atoms with Crippen LogP contribution in [0.3, 0.4) is 0 Å². The maximum absolute atomic E-state index is 11.9. The minimum atomic E-state index is -0.420. The number of piperazine rings is 1. The smallest absolute Gasteiger partial charge is 0.353 e. The van der Waals surface area contributed by atoms with Crippen molar-refractivity contribution in [1.29, 1.82) is 0 Å². The van der Waals surface area contributed by atoms with Crippen molar-refractivity contribution in [2.45, 2.75) is 6.92 Å². The summed E-state index contributed by atoms with van der Waals surface area (Å²) in [7, 11) is 0. The monoisotopic (exact) mass is 391 g/mol. The van der Waals surface area contributed by atoms with Gasteiger partial charge in [0.15, 0.2) is 0 Å². The van der Waals surface area contributed by atoms with Gasteiger partial charge in [-0.1, -0.05) is 23.8 Å². The number of nitrogens with zero attached hydrogens (tertiary/aromatic N) is 6. The Morgan fingerprint density at radius 2 is 1.69 bits per heavy atom. The van der Waals surface area contributed by atoms with Crippen molar-refractivity contribution in [3.63, 3.8) is 0 Å². The highest BCUT2D eigenvalue weighted by Crippen LogP contribution is 2.34. The lowest BCUT2D eigenvalue weighted by molar-refractivity contribution is -0.383. The molecule has 0 amide bonds. The summed E-state index contributed by atoms with van der Waals surface area (Å²) in [5.41, 5.74) is 1.74. The van der Waals surface area contributed by atoms with Crippen molar-refractivity contribution in [1.82, 2.24) is 15.0 Å². The molecule has 0 radical (unpaired) electrons. The summed E-state index contributed by atoms with van der Waals surface area (Å²) >= 11 is 0. The Bertz CT molecular complexity index is 987. The molecule has 2 aromatic heterocycles. The van der Waals surface area contributed by atoms with E-state index in [0.29, 0.717) is 32.0 Å². The van der Waals surface area contributed by atoms with Gasteiger partial charge < -0.3 is 15.1 Å². The zero-order valence-corrected chi connectivity index (χ0v) is 16.0. The van der Waals surface area contributed by atoms with Crippen molar-refractivity contribution < 1.29 is 4.92 Å². The molecule has 4 rings (SSSR count). The molecule has 9 heteroatoms. The van der Waals surface area contributed by atoms with E-state index in [-0.39, 0.29) is 11.5 Å². The number of pyridine rings is 1. The molecule has 3 aromatic rings. The highest BCUT2D eigenvalue weighted by molar-refractivity contribution is 5.74. The normalized spacial score (nSPS) is 14.0. The molecule has 3 heterocycles. The van der Waals surface area contributed by atoms with Crippen LogP contribution in [-0.4, -0.2) is 46.1 Å². The first-order valence-corrected chi connectivity index (χ1v) is 9.36. The number of rotatable bonds is 5. The summed E-state index contributed by atoms with van der Waals surface area (Å²) in [5, 5.41) is 14.9. The van der Waals surface area contributed by atoms with Gasteiger partial charge >= 0.3 is 5.69 Å². The molecule has 9 nitrogen and oxygen atoms in total. The van der Waals surface area contributed by atoms with Gasteiger partial charge in [0, 0.05) is 38.1 Å². The van der Waals surface area contributed by atoms with Gasteiger partial charge in [-0.3, -0.25) is 10.1 Å². The zero-order valence-electron chi connectivity index (χ0n) is 16.0. The van der Waals surface area contributed by atoms with Crippen LogP contribution in [0.5, 0.6) is 0 Å². The second kappa shape index (κ2) is 8.09. The van der Waals surface area contributed by atoms with Crippen LogP contribution in [-0.2, 0) is 0 Å². The van der Waals surface area contributed by atoms with Crippen molar-refractivity contribution in [2.75, 3.05) is 41.3 Å². The van der Waals surface area contributed by atoms with E-state index in [1.165, 1.54) is 6.33 Å². The van der Waals surface area contributed by atoms with Gasteiger partial charge in [-0.15, -0.1) is 0 Å². The topological polar surface area (TPSA) is 100 Å². The molecular formula is C20H21N7O2. The summed E-state index contributed by atoms with van der Waals surface area (Å²) in [5.74, 6) is 1.43. The SMILES string of the molecule is Cc1ccc(Nc2ncnc(N3CCN(c4ccccn4)CC3)c2[N+](=O)[O-])cc1. The molecule has 1 saturated heterocycles. The van der Waals surface area contributed by atoms with Crippen LogP contribution in [0.4, 0.5) is 28.8 Å². The predicted octanol–water partition coefficient (Wildman–Crippen LogP) is 3.16. The number of aryl methyl sites for hydroxylation is 1. The average molecular weight is 391 g/mol. The molecule has 1 N–H and O–H groups in total. The van der Waals surface area contributed by atoms with E-state index >= 15 is 0 Å². The maximum atomic E-state index is 11.9. The molecular weight excluding hydrogens is 370 g/mol. The Balaban J connectivity index is 1.56. The first-order chi connectivity index (χ1) is 14.1. The van der Waals surface area contributed by atoms with Crippen molar-refractivity contribution >= 4 is 28.8 Å². The van der Waals surface area contributed by atoms with E-state index in [1.54, 1.807) is 6.20 Å². The molecule has 1 aliphatic rings. The van der Waals surface area contributed by atoms with Gasteiger partial charge in [0.2, 0.25) is 11.6 Å². The Morgan fingerprint density at radius 3 is 2.34 bits per heavy atom. The zero-order chi connectivity index (χ0) is 20.2. The molecule has 0 atom stereocenters. The number of hydrogen-bond donors (Lipinski definition) is 1. The van der Waals surface area contributed by atoms with Crippen LogP contribution in [0.1, 0.15) is 5.56 Å². The van der Waals surface area contributed by atoms with Crippen molar-refractivity contribution in [2.24, 2.45) is 0 Å². The van der Waals surface area contributed by atoms with Gasteiger partial charge in [-0.05, 0) is 31.2 Å². The molecule has 29 heavy (non-hydrogen) atoms. The fourth-order valence-corrected chi connectivity index (χ4v) is 3.32. The first kappa shape index (κ1) is 18.6. The van der Waals surface area contributed by atoms with E-state index in [1.807, 2.05) is 54.3 Å². The lowest BCUT2D eigenvalue weighted by Gasteiger charge is -2.35. The third kappa shape index (κ3) is 4.08. The van der Waals surface area contributed by atoms with Gasteiger partial charge in [0.05, 0.1) is 4.92 Å². The summed E-state index contributed by atoms with van der Waals surface area (Å²) < 4.78 is 0. The average Bonchev–Trinajstić information content (AvgIpc) is 2.76. The molecule has 0 unspecified atom stereocenters. The minimum Gasteiger partial charge on any atom is -0.353 e. The lowest BCUT2D eigenvalue weighted by Crippen LogP contribution is -2.47. The highest BCUT2D eigenvalue weighted by Gasteiger charge is 2.29. The Morgan fingerprint density at radius 1 is 0.966 bits per heavy atom. The fourth-order valence-electron chi connectivity index (χ4n) is 3.32. The maximum Gasteiger partial charge on any atom is 0.353 e. The van der Waals surface area contributed by atoms with Gasteiger partial charge in [0.1, 0.15) is 12.1 Å². The van der Waals surface area contributed by atoms with E-state index in [9.17, 15) is 10.1 Å². The standard InChI is InChI=1S/C20H21N7O2/c1-15-5-7-16(8-6-15)24-19-18(27(28)29)20(23-14-22-19)26-12-10-25(11-13-26)17-4-2-3-9-21-17/h2-9,14H,10-13H2,1H3,(H,22,23,24). The largest absolute Gasteiger partial charge is 0.353 e. The van der Waals surface area contributed by atoms with Crippen molar-refractivity contribution in [3.8, 4) is 0 Å². The summed E-state index contributed by atoms with van der Waals surface area (Å²) in [6.45, 7) is 4.62. The fraction of sp³-hybridized carbons (Fsp3) is 0.250. The second-order valence-corrected chi connectivity index (χ2v) is 6.80. The highest BCUT2D eigenvalue weighted by atomic mass is 16.6. The molecule has 1 aromatic carbocycles. The molecule has 1 fully saturated rings. The summed E-state index contributed by atoms with van der Waals surface area (Å²) in [6.07, 6.45) is 3.13. The third-order valence-electron chi connectivity index (χ3n) is 4.85. The number of aromatic nitrogens is 3. The van der Waals surface area contributed by atoms with Gasteiger partial charge in [-0.25, -0.2) is 15.0 Å². The molecule has 1 aliphatic heterocycles. The van der Waals surface area contributed by atoms with Crippen LogP contribution in [0.2, 0.25) is 0 Å². The predicted molar refractivity (Wildman–Crippen MR) is 112 cm³/mol. The number of benzene rings is 1. The van der Waals surface area contributed by atoms with Crippen molar-refractivity contribution in [3.05, 3.63) is 70.7 Å². The lowest BCUT2D eigenvalue weighted by atomic mass is 10.2.